The van der Waals surface area contributed by atoms with E-state index in [2.05, 4.69) is 4.98 Å². The molecule has 0 unspecified atom stereocenters. The van der Waals surface area contributed by atoms with Crippen molar-refractivity contribution in [2.75, 3.05) is 0 Å². The number of nitrogens with zero attached hydrogens (tertiary/aromatic N) is 2. The molecule has 2 aromatic rings. The molecule has 1 aromatic heterocycles. The maximum Gasteiger partial charge on any atom is 0.272 e. The van der Waals surface area contributed by atoms with Gasteiger partial charge in [-0.05, 0) is 13.8 Å². The number of nitro groups is 1. The van der Waals surface area contributed by atoms with Crippen LogP contribution in [0.5, 0.6) is 0 Å². The van der Waals surface area contributed by atoms with E-state index in [4.69, 9.17) is 0 Å². The van der Waals surface area contributed by atoms with Crippen molar-refractivity contribution in [3.05, 3.63) is 44.3 Å². The maximum absolute atomic E-state index is 10.8. The van der Waals surface area contributed by atoms with Gasteiger partial charge in [-0.3, -0.25) is 10.1 Å². The van der Waals surface area contributed by atoms with Crippen LogP contribution in [0.15, 0.2) is 23.6 Å². The number of hydrogen-bond donors (Lipinski definition) is 0. The number of aromatic nitrogens is 1. The number of benzene rings is 1. The predicted octanol–water partition coefficient (Wildman–Crippen LogP) is 3.34. The minimum absolute atomic E-state index is 0.142. The van der Waals surface area contributed by atoms with Gasteiger partial charge in [0.15, 0.2) is 0 Å². The summed E-state index contributed by atoms with van der Waals surface area (Å²) in [5.41, 5.74) is 2.40. The minimum Gasteiger partial charge on any atom is -0.258 e. The number of thiazole rings is 1. The maximum atomic E-state index is 10.8. The third kappa shape index (κ3) is 1.94. The first-order valence-electron chi connectivity index (χ1n) is 4.75. The lowest BCUT2D eigenvalue weighted by Gasteiger charge is -2.00. The monoisotopic (exact) mass is 234 g/mol. The highest BCUT2D eigenvalue weighted by Gasteiger charge is 2.12. The Bertz CT molecular complexity index is 549. The van der Waals surface area contributed by atoms with Gasteiger partial charge < -0.3 is 0 Å². The fourth-order valence-electron chi connectivity index (χ4n) is 1.46. The Hall–Kier alpha value is -1.75. The van der Waals surface area contributed by atoms with Gasteiger partial charge in [0.25, 0.3) is 5.69 Å². The molecule has 0 radical (unpaired) electrons. The van der Waals surface area contributed by atoms with Crippen LogP contribution in [-0.2, 0) is 0 Å². The molecule has 0 N–H and O–H groups in total. The second-order valence-electron chi connectivity index (χ2n) is 3.51. The van der Waals surface area contributed by atoms with Gasteiger partial charge in [-0.25, -0.2) is 4.98 Å². The molecule has 2 rings (SSSR count). The summed E-state index contributed by atoms with van der Waals surface area (Å²) in [7, 11) is 0. The first-order valence-corrected chi connectivity index (χ1v) is 5.63. The van der Waals surface area contributed by atoms with Crippen molar-refractivity contribution in [1.82, 2.24) is 4.98 Å². The molecule has 0 amide bonds. The second-order valence-corrected chi connectivity index (χ2v) is 4.57. The van der Waals surface area contributed by atoms with E-state index in [1.54, 1.807) is 19.1 Å². The van der Waals surface area contributed by atoms with Crippen LogP contribution in [-0.4, -0.2) is 9.91 Å². The summed E-state index contributed by atoms with van der Waals surface area (Å²) in [5.74, 6) is 0. The van der Waals surface area contributed by atoms with E-state index in [1.807, 2.05) is 18.4 Å². The van der Waals surface area contributed by atoms with Crippen molar-refractivity contribution >= 4 is 17.0 Å². The molecule has 0 spiro atoms. The highest BCUT2D eigenvalue weighted by molar-refractivity contribution is 7.09. The van der Waals surface area contributed by atoms with Gasteiger partial charge in [-0.2, -0.15) is 0 Å². The quantitative estimate of drug-likeness (QED) is 0.591. The van der Waals surface area contributed by atoms with Crippen LogP contribution in [0.25, 0.3) is 11.3 Å². The van der Waals surface area contributed by atoms with E-state index >= 15 is 0 Å². The fourth-order valence-corrected chi connectivity index (χ4v) is 2.08. The molecule has 0 fully saturated rings. The van der Waals surface area contributed by atoms with Crippen molar-refractivity contribution in [1.29, 1.82) is 0 Å². The van der Waals surface area contributed by atoms with Gasteiger partial charge in [-0.1, -0.05) is 12.1 Å². The zero-order chi connectivity index (χ0) is 11.7. The van der Waals surface area contributed by atoms with Gasteiger partial charge in [0.1, 0.15) is 0 Å². The normalized spacial score (nSPS) is 10.4. The number of aryl methyl sites for hydroxylation is 2. The lowest BCUT2D eigenvalue weighted by atomic mass is 10.1. The molecule has 0 atom stereocenters. The molecule has 0 aliphatic carbocycles. The Balaban J connectivity index is 2.51. The highest BCUT2D eigenvalue weighted by Crippen LogP contribution is 2.27. The topological polar surface area (TPSA) is 56.0 Å². The summed E-state index contributed by atoms with van der Waals surface area (Å²) in [6.07, 6.45) is 0. The van der Waals surface area contributed by atoms with Gasteiger partial charge in [0.2, 0.25) is 0 Å². The fraction of sp³-hybridized carbons (Fsp3) is 0.182. The molecule has 0 aliphatic rings. The van der Waals surface area contributed by atoms with Crippen LogP contribution >= 0.6 is 11.3 Å². The van der Waals surface area contributed by atoms with Gasteiger partial charge in [0.05, 0.1) is 15.6 Å². The number of hydrogen-bond acceptors (Lipinski definition) is 4. The minimum atomic E-state index is -0.363. The Morgan fingerprint density at radius 2 is 2.12 bits per heavy atom. The van der Waals surface area contributed by atoms with Gasteiger partial charge >= 0.3 is 0 Å². The summed E-state index contributed by atoms with van der Waals surface area (Å²) < 4.78 is 0. The van der Waals surface area contributed by atoms with Crippen molar-refractivity contribution in [2.24, 2.45) is 0 Å². The summed E-state index contributed by atoms with van der Waals surface area (Å²) in [6.45, 7) is 3.64. The van der Waals surface area contributed by atoms with Crippen molar-refractivity contribution in [3.8, 4) is 11.3 Å². The zero-order valence-corrected chi connectivity index (χ0v) is 9.75. The molecule has 0 aliphatic heterocycles. The van der Waals surface area contributed by atoms with E-state index in [0.717, 1.165) is 16.3 Å². The Morgan fingerprint density at radius 1 is 1.38 bits per heavy atom. The lowest BCUT2D eigenvalue weighted by Crippen LogP contribution is -1.92. The third-order valence-corrected chi connectivity index (χ3v) is 3.09. The molecule has 5 heteroatoms. The molecule has 1 heterocycles. The largest absolute Gasteiger partial charge is 0.272 e. The third-order valence-electron chi connectivity index (χ3n) is 2.32. The Morgan fingerprint density at radius 3 is 2.69 bits per heavy atom. The molecular formula is C11H10N2O2S. The van der Waals surface area contributed by atoms with Crippen LogP contribution in [0, 0.1) is 24.0 Å². The van der Waals surface area contributed by atoms with Crippen molar-refractivity contribution in [2.45, 2.75) is 13.8 Å². The van der Waals surface area contributed by atoms with E-state index in [0.29, 0.717) is 5.56 Å². The molecule has 0 bridgehead atoms. The molecule has 0 saturated carbocycles. The van der Waals surface area contributed by atoms with Crippen molar-refractivity contribution < 1.29 is 4.92 Å². The van der Waals surface area contributed by atoms with Crippen LogP contribution in [0.2, 0.25) is 0 Å². The number of nitro benzene ring substituents is 1. The van der Waals surface area contributed by atoms with Crippen LogP contribution in [0.4, 0.5) is 5.69 Å². The standard InChI is InChI=1S/C11H10N2O2S/c1-7-3-4-9(5-11(7)13(14)15)10-6-16-8(2)12-10/h3-6H,1-2H3. The Labute approximate surface area is 96.7 Å². The van der Waals surface area contributed by atoms with E-state index < -0.39 is 0 Å². The molecule has 0 saturated heterocycles. The van der Waals surface area contributed by atoms with Crippen LogP contribution in [0.1, 0.15) is 10.6 Å². The summed E-state index contributed by atoms with van der Waals surface area (Å²) in [6, 6.07) is 5.18. The van der Waals surface area contributed by atoms with E-state index in [9.17, 15) is 10.1 Å². The zero-order valence-electron chi connectivity index (χ0n) is 8.93. The first-order chi connectivity index (χ1) is 7.58. The average molecular weight is 234 g/mol. The predicted molar refractivity (Wildman–Crippen MR) is 63.7 cm³/mol. The SMILES string of the molecule is Cc1nc(-c2ccc(C)c([N+](=O)[O-])c2)cs1. The van der Waals surface area contributed by atoms with E-state index in [1.165, 1.54) is 11.3 Å². The first kappa shape index (κ1) is 10.8. The molecule has 1 aromatic carbocycles. The van der Waals surface area contributed by atoms with Gasteiger partial charge in [-0.15, -0.1) is 11.3 Å². The van der Waals surface area contributed by atoms with E-state index in [-0.39, 0.29) is 10.6 Å². The van der Waals surface area contributed by atoms with Crippen LogP contribution in [0.3, 0.4) is 0 Å². The summed E-state index contributed by atoms with van der Waals surface area (Å²) >= 11 is 1.54. The summed E-state index contributed by atoms with van der Waals surface area (Å²) in [5, 5.41) is 13.7. The smallest absolute Gasteiger partial charge is 0.258 e. The van der Waals surface area contributed by atoms with Gasteiger partial charge in [0, 0.05) is 22.6 Å². The lowest BCUT2D eigenvalue weighted by molar-refractivity contribution is -0.385. The Kier molecular flexibility index (Phi) is 2.70. The van der Waals surface area contributed by atoms with Crippen LogP contribution < -0.4 is 0 Å². The second kappa shape index (κ2) is 4.02. The highest BCUT2D eigenvalue weighted by atomic mass is 32.1. The molecule has 16 heavy (non-hydrogen) atoms. The summed E-state index contributed by atoms with van der Waals surface area (Å²) in [4.78, 5) is 14.7. The van der Waals surface area contributed by atoms with Crippen molar-refractivity contribution in [3.63, 3.8) is 0 Å². The number of rotatable bonds is 2. The molecular weight excluding hydrogens is 224 g/mol. The molecule has 4 nitrogen and oxygen atoms in total. The average Bonchev–Trinajstić information content (AvgIpc) is 2.65. The molecule has 82 valence electrons.